The summed E-state index contributed by atoms with van der Waals surface area (Å²) in [6.07, 6.45) is 0. The van der Waals surface area contributed by atoms with Crippen molar-refractivity contribution in [2.75, 3.05) is 7.11 Å². The molecule has 0 aliphatic rings. The molecule has 2 heterocycles. The highest BCUT2D eigenvalue weighted by Gasteiger charge is 2.14. The van der Waals surface area contributed by atoms with Gasteiger partial charge in [-0.05, 0) is 36.1 Å². The van der Waals surface area contributed by atoms with Crippen LogP contribution in [0.3, 0.4) is 0 Å². The van der Waals surface area contributed by atoms with Crippen molar-refractivity contribution < 1.29 is 18.8 Å². The standard InChI is InChI=1S/C16H14N2O4S/c1-10-3-4-11(7-13(10)20-2)16(19)21-8-14-17-15(18-22-14)12-5-6-23-9-12/h3-7,9H,8H2,1-2H3. The topological polar surface area (TPSA) is 74.5 Å². The van der Waals surface area contributed by atoms with Crippen LogP contribution < -0.4 is 4.74 Å². The van der Waals surface area contributed by atoms with Crippen molar-refractivity contribution in [1.29, 1.82) is 0 Å². The average Bonchev–Trinajstić information content (AvgIpc) is 3.24. The van der Waals surface area contributed by atoms with Gasteiger partial charge in [-0.1, -0.05) is 11.2 Å². The van der Waals surface area contributed by atoms with Crippen LogP contribution in [0.15, 0.2) is 39.5 Å². The van der Waals surface area contributed by atoms with Gasteiger partial charge in [0.05, 0.1) is 12.7 Å². The summed E-state index contributed by atoms with van der Waals surface area (Å²) in [5.74, 6) is 0.892. The fourth-order valence-electron chi connectivity index (χ4n) is 1.98. The van der Waals surface area contributed by atoms with Crippen LogP contribution in [0.4, 0.5) is 0 Å². The first kappa shape index (κ1) is 15.2. The molecule has 0 saturated heterocycles. The van der Waals surface area contributed by atoms with E-state index in [1.165, 1.54) is 0 Å². The number of hydrogen-bond donors (Lipinski definition) is 0. The van der Waals surface area contributed by atoms with Crippen LogP contribution in [0.2, 0.25) is 0 Å². The normalized spacial score (nSPS) is 10.5. The number of methoxy groups -OCH3 is 1. The maximum Gasteiger partial charge on any atom is 0.338 e. The lowest BCUT2D eigenvalue weighted by Crippen LogP contribution is -2.06. The molecule has 3 aromatic rings. The lowest BCUT2D eigenvalue weighted by molar-refractivity contribution is 0.0429. The molecule has 0 spiro atoms. The number of thiophene rings is 1. The molecule has 0 N–H and O–H groups in total. The van der Waals surface area contributed by atoms with E-state index in [-0.39, 0.29) is 12.5 Å². The van der Waals surface area contributed by atoms with Gasteiger partial charge in [0, 0.05) is 10.9 Å². The molecule has 0 aliphatic carbocycles. The molecule has 0 aliphatic heterocycles. The number of benzene rings is 1. The first-order valence-electron chi connectivity index (χ1n) is 6.84. The molecule has 2 aromatic heterocycles. The van der Waals surface area contributed by atoms with Gasteiger partial charge in [-0.15, -0.1) is 0 Å². The van der Waals surface area contributed by atoms with E-state index in [4.69, 9.17) is 14.0 Å². The van der Waals surface area contributed by atoms with Crippen molar-refractivity contribution in [3.8, 4) is 17.1 Å². The third kappa shape index (κ3) is 3.40. The number of ether oxygens (including phenoxy) is 2. The maximum atomic E-state index is 12.1. The molecule has 0 atom stereocenters. The van der Waals surface area contributed by atoms with E-state index in [1.54, 1.807) is 36.6 Å². The highest BCUT2D eigenvalue weighted by molar-refractivity contribution is 7.08. The van der Waals surface area contributed by atoms with E-state index in [1.807, 2.05) is 23.8 Å². The van der Waals surface area contributed by atoms with Crippen LogP contribution in [0.5, 0.6) is 5.75 Å². The quantitative estimate of drug-likeness (QED) is 0.667. The van der Waals surface area contributed by atoms with E-state index in [0.717, 1.165) is 11.1 Å². The highest BCUT2D eigenvalue weighted by Crippen LogP contribution is 2.21. The summed E-state index contributed by atoms with van der Waals surface area (Å²) in [6, 6.07) is 7.02. The second-order valence-corrected chi connectivity index (χ2v) is 5.56. The Morgan fingerprint density at radius 2 is 2.22 bits per heavy atom. The van der Waals surface area contributed by atoms with E-state index < -0.39 is 5.97 Å². The number of nitrogens with zero attached hydrogens (tertiary/aromatic N) is 2. The fraction of sp³-hybridized carbons (Fsp3) is 0.188. The van der Waals surface area contributed by atoms with Crippen LogP contribution in [0, 0.1) is 6.92 Å². The van der Waals surface area contributed by atoms with Crippen LogP contribution >= 0.6 is 11.3 Å². The van der Waals surface area contributed by atoms with Crippen LogP contribution in [0.25, 0.3) is 11.4 Å². The van der Waals surface area contributed by atoms with Gasteiger partial charge in [0.1, 0.15) is 5.75 Å². The zero-order chi connectivity index (χ0) is 16.2. The minimum atomic E-state index is -0.474. The second-order valence-electron chi connectivity index (χ2n) is 4.78. The molecular formula is C16H14N2O4S. The SMILES string of the molecule is COc1cc(C(=O)OCc2nc(-c3ccsc3)no2)ccc1C. The third-order valence-electron chi connectivity index (χ3n) is 3.22. The largest absolute Gasteiger partial charge is 0.496 e. The van der Waals surface area contributed by atoms with Gasteiger partial charge < -0.3 is 14.0 Å². The predicted molar refractivity (Wildman–Crippen MR) is 84.5 cm³/mol. The Kier molecular flexibility index (Phi) is 4.38. The Hall–Kier alpha value is -2.67. The summed E-state index contributed by atoms with van der Waals surface area (Å²) in [4.78, 5) is 16.3. The van der Waals surface area contributed by atoms with Crippen molar-refractivity contribution >= 4 is 17.3 Å². The number of hydrogen-bond acceptors (Lipinski definition) is 7. The first-order valence-corrected chi connectivity index (χ1v) is 7.78. The molecule has 0 radical (unpaired) electrons. The molecule has 118 valence electrons. The molecule has 1 aromatic carbocycles. The summed E-state index contributed by atoms with van der Waals surface area (Å²) in [5, 5.41) is 7.70. The zero-order valence-electron chi connectivity index (χ0n) is 12.6. The second kappa shape index (κ2) is 6.62. The number of carbonyl (C=O) groups is 1. The number of esters is 1. The smallest absolute Gasteiger partial charge is 0.338 e. The number of carbonyl (C=O) groups excluding carboxylic acids is 1. The average molecular weight is 330 g/mol. The molecule has 0 fully saturated rings. The Labute approximate surface area is 136 Å². The van der Waals surface area contributed by atoms with Crippen molar-refractivity contribution in [3.05, 3.63) is 52.0 Å². The Bertz CT molecular complexity index is 811. The minimum Gasteiger partial charge on any atom is -0.496 e. The van der Waals surface area contributed by atoms with E-state index in [9.17, 15) is 4.79 Å². The molecule has 3 rings (SSSR count). The summed E-state index contributed by atoms with van der Waals surface area (Å²) in [6.45, 7) is 1.82. The molecule has 6 nitrogen and oxygen atoms in total. The van der Waals surface area contributed by atoms with Crippen LogP contribution in [-0.2, 0) is 11.3 Å². The fourth-order valence-corrected chi connectivity index (χ4v) is 2.61. The van der Waals surface area contributed by atoms with Crippen LogP contribution in [-0.4, -0.2) is 23.2 Å². The van der Waals surface area contributed by atoms with Gasteiger partial charge in [-0.2, -0.15) is 16.3 Å². The summed E-state index contributed by atoms with van der Waals surface area (Å²) < 4.78 is 15.5. The maximum absolute atomic E-state index is 12.1. The van der Waals surface area contributed by atoms with Crippen molar-refractivity contribution in [1.82, 2.24) is 10.1 Å². The molecule has 0 unspecified atom stereocenters. The summed E-state index contributed by atoms with van der Waals surface area (Å²) >= 11 is 1.54. The Morgan fingerprint density at radius 1 is 1.35 bits per heavy atom. The molecular weight excluding hydrogens is 316 g/mol. The molecule has 7 heteroatoms. The highest BCUT2D eigenvalue weighted by atomic mass is 32.1. The van der Waals surface area contributed by atoms with Crippen molar-refractivity contribution in [3.63, 3.8) is 0 Å². The van der Waals surface area contributed by atoms with Crippen LogP contribution in [0.1, 0.15) is 21.8 Å². The monoisotopic (exact) mass is 330 g/mol. The Balaban J connectivity index is 1.65. The molecule has 0 saturated carbocycles. The first-order chi connectivity index (χ1) is 11.2. The zero-order valence-corrected chi connectivity index (χ0v) is 13.4. The van der Waals surface area contributed by atoms with Crippen molar-refractivity contribution in [2.24, 2.45) is 0 Å². The van der Waals surface area contributed by atoms with Gasteiger partial charge >= 0.3 is 5.97 Å². The van der Waals surface area contributed by atoms with E-state index in [2.05, 4.69) is 10.1 Å². The summed E-state index contributed by atoms with van der Waals surface area (Å²) in [7, 11) is 1.56. The predicted octanol–water partition coefficient (Wildman–Crippen LogP) is 3.47. The summed E-state index contributed by atoms with van der Waals surface area (Å²) in [5.41, 5.74) is 2.23. The van der Waals surface area contributed by atoms with E-state index in [0.29, 0.717) is 17.1 Å². The third-order valence-corrected chi connectivity index (χ3v) is 3.90. The lowest BCUT2D eigenvalue weighted by atomic mass is 10.1. The minimum absolute atomic E-state index is 0.0772. The number of aryl methyl sites for hydroxylation is 1. The van der Waals surface area contributed by atoms with Gasteiger partial charge in [0.2, 0.25) is 5.82 Å². The van der Waals surface area contributed by atoms with E-state index >= 15 is 0 Å². The molecule has 23 heavy (non-hydrogen) atoms. The molecule has 0 amide bonds. The number of aromatic nitrogens is 2. The lowest BCUT2D eigenvalue weighted by Gasteiger charge is -2.07. The van der Waals surface area contributed by atoms with Gasteiger partial charge in [-0.3, -0.25) is 0 Å². The van der Waals surface area contributed by atoms with Gasteiger partial charge in [0.15, 0.2) is 6.61 Å². The van der Waals surface area contributed by atoms with Gasteiger partial charge in [0.25, 0.3) is 5.89 Å². The number of rotatable bonds is 5. The molecule has 0 bridgehead atoms. The van der Waals surface area contributed by atoms with Crippen molar-refractivity contribution in [2.45, 2.75) is 13.5 Å². The van der Waals surface area contributed by atoms with Gasteiger partial charge in [-0.25, -0.2) is 4.79 Å². The Morgan fingerprint density at radius 3 is 2.96 bits per heavy atom.